The molecule has 0 fully saturated rings. The van der Waals surface area contributed by atoms with Gasteiger partial charge in [-0.1, -0.05) is 140 Å². The highest BCUT2D eigenvalue weighted by molar-refractivity contribution is 6.22. The lowest BCUT2D eigenvalue weighted by Crippen LogP contribution is -1.90. The minimum absolute atomic E-state index is 0.573. The van der Waals surface area contributed by atoms with Gasteiger partial charge in [0, 0.05) is 10.8 Å². The summed E-state index contributed by atoms with van der Waals surface area (Å²) in [6, 6.07) is 58.6. The van der Waals surface area contributed by atoms with E-state index >= 15 is 0 Å². The standard InChI is InChI=1S/C46H28O/c1-2-12-29(13-3-1)44-37-18-8-10-20-39(37)46(40-21-11-9-19-38(40)44)33-22-24-36-41-27-32(23-25-42(41)47-43(36)28-33)45-34-16-6-4-14-30(34)26-31-15-5-7-17-35(31)45/h1-28H/i26D. The molecule has 10 aromatic rings. The highest BCUT2D eigenvalue weighted by Gasteiger charge is 2.18. The largest absolute Gasteiger partial charge is 0.456 e. The average Bonchev–Trinajstić information content (AvgIpc) is 3.51. The molecule has 0 N–H and O–H groups in total. The summed E-state index contributed by atoms with van der Waals surface area (Å²) >= 11 is 0. The van der Waals surface area contributed by atoms with Gasteiger partial charge in [0.1, 0.15) is 11.2 Å². The molecule has 47 heavy (non-hydrogen) atoms. The average molecular weight is 598 g/mol. The number of hydrogen-bond donors (Lipinski definition) is 0. The minimum Gasteiger partial charge on any atom is -0.456 e. The molecular weight excluding hydrogens is 569 g/mol. The van der Waals surface area contributed by atoms with Crippen LogP contribution in [0.4, 0.5) is 0 Å². The second-order valence-electron chi connectivity index (χ2n) is 12.3. The van der Waals surface area contributed by atoms with E-state index in [-0.39, 0.29) is 0 Å². The minimum atomic E-state index is 0.573. The summed E-state index contributed by atoms with van der Waals surface area (Å²) in [7, 11) is 0. The lowest BCUT2D eigenvalue weighted by Gasteiger charge is -2.17. The fourth-order valence-corrected chi connectivity index (χ4v) is 7.66. The van der Waals surface area contributed by atoms with Gasteiger partial charge < -0.3 is 4.42 Å². The molecule has 0 aliphatic heterocycles. The maximum absolute atomic E-state index is 8.94. The number of hydrogen-bond acceptors (Lipinski definition) is 1. The molecule has 1 nitrogen and oxygen atoms in total. The molecule has 0 spiro atoms. The van der Waals surface area contributed by atoms with Gasteiger partial charge in [0.2, 0.25) is 0 Å². The molecule has 0 amide bonds. The van der Waals surface area contributed by atoms with Gasteiger partial charge >= 0.3 is 0 Å². The Morgan fingerprint density at radius 1 is 0.319 bits per heavy atom. The van der Waals surface area contributed by atoms with E-state index in [1.807, 2.05) is 12.1 Å². The van der Waals surface area contributed by atoms with Gasteiger partial charge in [-0.25, -0.2) is 0 Å². The van der Waals surface area contributed by atoms with Gasteiger partial charge in [-0.15, -0.1) is 0 Å². The van der Waals surface area contributed by atoms with Crippen LogP contribution in [-0.4, -0.2) is 0 Å². The first kappa shape index (κ1) is 25.1. The fraction of sp³-hybridized carbons (Fsp3) is 0. The van der Waals surface area contributed by atoms with Gasteiger partial charge in [0.25, 0.3) is 0 Å². The van der Waals surface area contributed by atoms with Crippen molar-refractivity contribution in [2.24, 2.45) is 0 Å². The third-order valence-corrected chi connectivity index (χ3v) is 9.70. The zero-order valence-corrected chi connectivity index (χ0v) is 25.5. The van der Waals surface area contributed by atoms with Crippen LogP contribution in [0.15, 0.2) is 174 Å². The van der Waals surface area contributed by atoms with Crippen LogP contribution >= 0.6 is 0 Å². The van der Waals surface area contributed by atoms with E-state index in [1.165, 1.54) is 38.2 Å². The molecule has 0 saturated carbocycles. The molecule has 0 saturated heterocycles. The van der Waals surface area contributed by atoms with Crippen LogP contribution in [0.3, 0.4) is 0 Å². The monoisotopic (exact) mass is 597 g/mol. The highest BCUT2D eigenvalue weighted by Crippen LogP contribution is 2.45. The van der Waals surface area contributed by atoms with Crippen molar-refractivity contribution >= 4 is 65.0 Å². The summed E-state index contributed by atoms with van der Waals surface area (Å²) in [5.74, 6) is 0. The zero-order valence-electron chi connectivity index (χ0n) is 26.5. The Hall–Kier alpha value is -6.18. The van der Waals surface area contributed by atoms with Gasteiger partial charge in [-0.3, -0.25) is 0 Å². The van der Waals surface area contributed by atoms with Crippen molar-refractivity contribution in [2.75, 3.05) is 0 Å². The van der Waals surface area contributed by atoms with Gasteiger partial charge in [-0.05, 0) is 107 Å². The summed E-state index contributed by atoms with van der Waals surface area (Å²) < 4.78 is 15.5. The topological polar surface area (TPSA) is 13.1 Å². The van der Waals surface area contributed by atoms with E-state index in [9.17, 15) is 0 Å². The quantitative estimate of drug-likeness (QED) is 0.185. The van der Waals surface area contributed by atoms with Crippen LogP contribution in [0.1, 0.15) is 1.37 Å². The van der Waals surface area contributed by atoms with Gasteiger partial charge in [0.15, 0.2) is 0 Å². The van der Waals surface area contributed by atoms with Crippen molar-refractivity contribution in [3.05, 3.63) is 170 Å². The summed E-state index contributed by atoms with van der Waals surface area (Å²) in [5, 5.41) is 11.2. The van der Waals surface area contributed by atoms with Crippen molar-refractivity contribution in [2.45, 2.75) is 0 Å². The Bertz CT molecular complexity index is 2780. The predicted molar refractivity (Wildman–Crippen MR) is 200 cm³/mol. The molecule has 0 unspecified atom stereocenters. The van der Waals surface area contributed by atoms with Crippen LogP contribution < -0.4 is 0 Å². The Labute approximate surface area is 273 Å². The second kappa shape index (κ2) is 10.2. The normalized spacial score (nSPS) is 12.1. The molecular formula is C46H28O. The first-order valence-corrected chi connectivity index (χ1v) is 16.1. The maximum Gasteiger partial charge on any atom is 0.136 e. The highest BCUT2D eigenvalue weighted by atomic mass is 16.3. The predicted octanol–water partition coefficient (Wildman–Crippen LogP) is 13.2. The first-order chi connectivity index (χ1) is 23.7. The smallest absolute Gasteiger partial charge is 0.136 e. The number of fused-ring (bicyclic) bond motifs is 7. The molecule has 10 rings (SSSR count). The van der Waals surface area contributed by atoms with Crippen LogP contribution in [0.5, 0.6) is 0 Å². The molecule has 1 heterocycles. The van der Waals surface area contributed by atoms with Crippen LogP contribution in [0.2, 0.25) is 0 Å². The third-order valence-electron chi connectivity index (χ3n) is 9.70. The molecule has 9 aromatic carbocycles. The maximum atomic E-state index is 8.94. The molecule has 0 aliphatic rings. The molecule has 1 heteroatoms. The van der Waals surface area contributed by atoms with Crippen molar-refractivity contribution < 1.29 is 5.79 Å². The lowest BCUT2D eigenvalue weighted by atomic mass is 9.86. The Balaban J connectivity index is 1.20. The van der Waals surface area contributed by atoms with Crippen LogP contribution in [-0.2, 0) is 0 Å². The molecule has 0 radical (unpaired) electrons. The number of rotatable bonds is 3. The van der Waals surface area contributed by atoms with E-state index < -0.39 is 0 Å². The Kier molecular flexibility index (Phi) is 5.42. The van der Waals surface area contributed by atoms with E-state index in [0.717, 1.165) is 60.2 Å². The summed E-state index contributed by atoms with van der Waals surface area (Å²) in [6.07, 6.45) is 0. The first-order valence-electron chi connectivity index (χ1n) is 16.6. The Morgan fingerprint density at radius 3 is 1.40 bits per heavy atom. The van der Waals surface area contributed by atoms with Gasteiger partial charge in [-0.2, -0.15) is 0 Å². The number of benzene rings is 9. The summed E-state index contributed by atoms with van der Waals surface area (Å²) in [5.41, 5.74) is 8.85. The van der Waals surface area contributed by atoms with Crippen molar-refractivity contribution in [3.63, 3.8) is 0 Å². The van der Waals surface area contributed by atoms with E-state index in [2.05, 4.69) is 152 Å². The molecule has 1 aromatic heterocycles. The molecule has 0 aliphatic carbocycles. The number of furan rings is 1. The molecule has 218 valence electrons. The summed E-state index contributed by atoms with van der Waals surface area (Å²) in [4.78, 5) is 0. The second-order valence-corrected chi connectivity index (χ2v) is 12.3. The summed E-state index contributed by atoms with van der Waals surface area (Å²) in [6.45, 7) is 0. The third kappa shape index (κ3) is 3.97. The van der Waals surface area contributed by atoms with Crippen LogP contribution in [0.25, 0.3) is 98.4 Å². The van der Waals surface area contributed by atoms with Crippen molar-refractivity contribution in [1.82, 2.24) is 0 Å². The molecule has 0 atom stereocenters. The van der Waals surface area contributed by atoms with Crippen molar-refractivity contribution in [3.8, 4) is 33.4 Å². The fourth-order valence-electron chi connectivity index (χ4n) is 7.66. The Morgan fingerprint density at radius 2 is 0.787 bits per heavy atom. The van der Waals surface area contributed by atoms with E-state index in [4.69, 9.17) is 5.79 Å². The SMILES string of the molecule is [2H]c1c2ccccc2c(-c2ccc3oc4cc(-c5c6ccccc6c(-c6ccccc6)c6ccccc56)ccc4c3c2)c2ccccc12. The lowest BCUT2D eigenvalue weighted by molar-refractivity contribution is 0.669. The van der Waals surface area contributed by atoms with Crippen molar-refractivity contribution in [1.29, 1.82) is 0 Å². The van der Waals surface area contributed by atoms with Gasteiger partial charge in [0.05, 0.1) is 1.37 Å². The van der Waals surface area contributed by atoms with Crippen LogP contribution in [0, 0.1) is 0 Å². The molecule has 0 bridgehead atoms. The van der Waals surface area contributed by atoms with E-state index in [0.29, 0.717) is 6.04 Å². The van der Waals surface area contributed by atoms with E-state index in [1.54, 1.807) is 0 Å². The zero-order chi connectivity index (χ0) is 31.8.